The van der Waals surface area contributed by atoms with Crippen molar-refractivity contribution in [3.8, 4) is 5.75 Å². The second kappa shape index (κ2) is 12.8. The molecule has 0 bridgehead atoms. The van der Waals surface area contributed by atoms with Crippen LogP contribution in [0.3, 0.4) is 0 Å². The first kappa shape index (κ1) is 24.6. The average Bonchev–Trinajstić information content (AvgIpc) is 3.28. The second-order valence-electron chi connectivity index (χ2n) is 8.28. The summed E-state index contributed by atoms with van der Waals surface area (Å²) >= 11 is 1.49. The number of benzene rings is 2. The van der Waals surface area contributed by atoms with E-state index in [1.165, 1.54) is 16.2 Å². The van der Waals surface area contributed by atoms with Crippen molar-refractivity contribution in [2.24, 2.45) is 0 Å². The summed E-state index contributed by atoms with van der Waals surface area (Å²) < 4.78 is 16.8. The predicted octanol–water partition coefficient (Wildman–Crippen LogP) is 2.64. The highest BCUT2D eigenvalue weighted by atomic mass is 32.1. The minimum atomic E-state index is -0.623. The maximum absolute atomic E-state index is 12.7. The van der Waals surface area contributed by atoms with Gasteiger partial charge in [0.1, 0.15) is 24.3 Å². The van der Waals surface area contributed by atoms with E-state index in [9.17, 15) is 9.90 Å². The van der Waals surface area contributed by atoms with E-state index in [2.05, 4.69) is 32.0 Å². The van der Waals surface area contributed by atoms with Crippen LogP contribution in [0.4, 0.5) is 5.82 Å². The minimum Gasteiger partial charge on any atom is -0.490 e. The molecular formula is C25H32N4O4S. The number of nitrogens with zero attached hydrogens (tertiary/aromatic N) is 2. The van der Waals surface area contributed by atoms with E-state index in [-0.39, 0.29) is 18.9 Å². The average molecular weight is 485 g/mol. The molecule has 3 aromatic rings. The van der Waals surface area contributed by atoms with Crippen molar-refractivity contribution in [1.29, 1.82) is 0 Å². The standard InChI is InChI=1S/C25H32N4O4S/c30-19(17-29-12-14-32-15-13-29)18-33-23-8-3-1-6-20(23)22(31)16-26-10-5-11-27-25-21-7-2-4-9-24(21)34-28-25/h1-4,6-9,19,26,30H,5,10-18H2,(H,27,28). The number of aliphatic hydroxyl groups is 1. The van der Waals surface area contributed by atoms with E-state index in [1.54, 1.807) is 12.1 Å². The number of ether oxygens (including phenoxy) is 2. The molecule has 2 heterocycles. The number of Topliss-reactive ketones (excluding diaryl/α,β-unsaturated/α-hetero) is 1. The summed E-state index contributed by atoms with van der Waals surface area (Å²) in [5.41, 5.74) is 0.528. The van der Waals surface area contributed by atoms with Gasteiger partial charge < -0.3 is 25.2 Å². The highest BCUT2D eigenvalue weighted by molar-refractivity contribution is 7.13. The number of aromatic nitrogens is 1. The fraction of sp³-hybridized carbons (Fsp3) is 0.440. The van der Waals surface area contributed by atoms with Gasteiger partial charge in [0.25, 0.3) is 0 Å². The van der Waals surface area contributed by atoms with Gasteiger partial charge in [-0.25, -0.2) is 0 Å². The number of carbonyl (C=O) groups excluding carboxylic acids is 1. The summed E-state index contributed by atoms with van der Waals surface area (Å²) in [5.74, 6) is 1.39. The third-order valence-corrected chi connectivity index (χ3v) is 6.50. The van der Waals surface area contributed by atoms with Gasteiger partial charge in [-0.05, 0) is 48.8 Å². The van der Waals surface area contributed by atoms with Crippen LogP contribution in [0, 0.1) is 0 Å². The van der Waals surface area contributed by atoms with Gasteiger partial charge in [0.15, 0.2) is 5.78 Å². The van der Waals surface area contributed by atoms with Crippen LogP contribution in [-0.4, -0.2) is 85.4 Å². The van der Waals surface area contributed by atoms with Crippen LogP contribution in [0.15, 0.2) is 48.5 Å². The Morgan fingerprint density at radius 1 is 1.15 bits per heavy atom. The van der Waals surface area contributed by atoms with Gasteiger partial charge in [0.2, 0.25) is 0 Å². The van der Waals surface area contributed by atoms with E-state index in [4.69, 9.17) is 9.47 Å². The summed E-state index contributed by atoms with van der Waals surface area (Å²) in [7, 11) is 0. The van der Waals surface area contributed by atoms with E-state index < -0.39 is 6.10 Å². The van der Waals surface area contributed by atoms with Crippen LogP contribution in [0.1, 0.15) is 16.8 Å². The van der Waals surface area contributed by atoms with E-state index in [0.717, 1.165) is 37.3 Å². The topological polar surface area (TPSA) is 96.0 Å². The van der Waals surface area contributed by atoms with Crippen LogP contribution in [0.25, 0.3) is 10.1 Å². The Labute approximate surface area is 204 Å². The maximum atomic E-state index is 12.7. The van der Waals surface area contributed by atoms with Gasteiger partial charge in [-0.15, -0.1) is 0 Å². The lowest BCUT2D eigenvalue weighted by Gasteiger charge is -2.28. The van der Waals surface area contributed by atoms with Crippen molar-refractivity contribution in [2.45, 2.75) is 12.5 Å². The minimum absolute atomic E-state index is 0.0308. The lowest BCUT2D eigenvalue weighted by molar-refractivity contribution is 0.00457. The second-order valence-corrected chi connectivity index (χ2v) is 9.09. The molecule has 4 rings (SSSR count). The fourth-order valence-corrected chi connectivity index (χ4v) is 4.63. The Balaban J connectivity index is 1.16. The van der Waals surface area contributed by atoms with Gasteiger partial charge in [0.05, 0.1) is 30.0 Å². The molecule has 1 aromatic heterocycles. The molecule has 0 amide bonds. The number of aliphatic hydroxyl groups excluding tert-OH is 1. The summed E-state index contributed by atoms with van der Waals surface area (Å²) in [4.78, 5) is 14.9. The first-order chi connectivity index (χ1) is 16.7. The number of para-hydroxylation sites is 1. The lowest BCUT2D eigenvalue weighted by Crippen LogP contribution is -2.42. The third-order valence-electron chi connectivity index (χ3n) is 5.68. The van der Waals surface area contributed by atoms with E-state index >= 15 is 0 Å². The number of fused-ring (bicyclic) bond motifs is 1. The van der Waals surface area contributed by atoms with Gasteiger partial charge in [0, 0.05) is 31.6 Å². The zero-order chi connectivity index (χ0) is 23.6. The summed E-state index contributed by atoms with van der Waals surface area (Å²) in [6.07, 6.45) is 0.243. The molecule has 9 heteroatoms. The van der Waals surface area contributed by atoms with Crippen molar-refractivity contribution in [2.75, 3.05) is 64.4 Å². The van der Waals surface area contributed by atoms with Gasteiger partial charge in [-0.1, -0.05) is 24.3 Å². The quantitative estimate of drug-likeness (QED) is 0.252. The zero-order valence-corrected chi connectivity index (χ0v) is 20.1. The molecule has 2 aromatic carbocycles. The Morgan fingerprint density at radius 3 is 2.82 bits per heavy atom. The number of hydrogen-bond donors (Lipinski definition) is 3. The zero-order valence-electron chi connectivity index (χ0n) is 19.2. The first-order valence-electron chi connectivity index (χ1n) is 11.7. The molecule has 0 saturated carbocycles. The molecule has 1 unspecified atom stereocenters. The van der Waals surface area contributed by atoms with E-state index in [1.807, 2.05) is 24.3 Å². The van der Waals surface area contributed by atoms with Gasteiger partial charge in [-0.2, -0.15) is 4.37 Å². The largest absolute Gasteiger partial charge is 0.490 e. The highest BCUT2D eigenvalue weighted by Gasteiger charge is 2.17. The number of carbonyl (C=O) groups is 1. The van der Waals surface area contributed by atoms with Crippen molar-refractivity contribution in [3.05, 3.63) is 54.1 Å². The van der Waals surface area contributed by atoms with Crippen LogP contribution < -0.4 is 15.4 Å². The molecule has 8 nitrogen and oxygen atoms in total. The number of hydrogen-bond acceptors (Lipinski definition) is 9. The maximum Gasteiger partial charge on any atom is 0.180 e. The smallest absolute Gasteiger partial charge is 0.180 e. The first-order valence-corrected chi connectivity index (χ1v) is 12.5. The highest BCUT2D eigenvalue weighted by Crippen LogP contribution is 2.26. The van der Waals surface area contributed by atoms with Crippen molar-refractivity contribution >= 4 is 33.2 Å². The number of anilines is 1. The molecule has 0 aliphatic carbocycles. The van der Waals surface area contributed by atoms with Crippen LogP contribution in [0.5, 0.6) is 5.75 Å². The molecule has 3 N–H and O–H groups in total. The third kappa shape index (κ3) is 6.97. The molecule has 1 saturated heterocycles. The van der Waals surface area contributed by atoms with Crippen molar-refractivity contribution < 1.29 is 19.4 Å². The molecule has 1 atom stereocenters. The normalized spacial score (nSPS) is 15.3. The Bertz CT molecular complexity index is 1050. The number of β-amino-alcohol motifs (C(OH)–C–C–N with tert-alkyl or cyclic N) is 1. The molecule has 1 fully saturated rings. The number of nitrogens with one attached hydrogen (secondary N) is 2. The summed E-state index contributed by atoms with van der Waals surface area (Å²) in [6, 6.07) is 15.4. The summed E-state index contributed by atoms with van der Waals surface area (Å²) in [5, 5.41) is 18.1. The Hall–Kier alpha value is -2.56. The molecule has 0 spiro atoms. The number of ketones is 1. The van der Waals surface area contributed by atoms with Crippen LogP contribution in [0.2, 0.25) is 0 Å². The summed E-state index contributed by atoms with van der Waals surface area (Å²) in [6.45, 7) is 5.40. The molecule has 1 aliphatic heterocycles. The van der Waals surface area contributed by atoms with Crippen molar-refractivity contribution in [3.63, 3.8) is 0 Å². The molecule has 0 radical (unpaired) electrons. The molecule has 34 heavy (non-hydrogen) atoms. The monoisotopic (exact) mass is 484 g/mol. The van der Waals surface area contributed by atoms with E-state index in [0.29, 0.717) is 37.6 Å². The number of rotatable bonds is 13. The Morgan fingerprint density at radius 2 is 1.94 bits per heavy atom. The van der Waals surface area contributed by atoms with Crippen LogP contribution >= 0.6 is 11.5 Å². The fourth-order valence-electron chi connectivity index (χ4n) is 3.87. The molecule has 1 aliphatic rings. The predicted molar refractivity (Wildman–Crippen MR) is 135 cm³/mol. The SMILES string of the molecule is O=C(CNCCCNc1nsc2ccccc12)c1ccccc1OCC(O)CN1CCOCC1. The lowest BCUT2D eigenvalue weighted by atomic mass is 10.1. The van der Waals surface area contributed by atoms with Gasteiger partial charge in [-0.3, -0.25) is 9.69 Å². The van der Waals surface area contributed by atoms with Crippen LogP contribution in [-0.2, 0) is 4.74 Å². The Kier molecular flexibility index (Phi) is 9.23. The number of morpholine rings is 1. The van der Waals surface area contributed by atoms with Crippen molar-refractivity contribution in [1.82, 2.24) is 14.6 Å². The molecular weight excluding hydrogens is 452 g/mol. The molecule has 182 valence electrons. The van der Waals surface area contributed by atoms with Gasteiger partial charge >= 0.3 is 0 Å².